The van der Waals surface area contributed by atoms with Gasteiger partial charge in [0.1, 0.15) is 6.61 Å². The molecule has 158 valence electrons. The molecule has 1 N–H and O–H groups in total. The number of nitrogens with one attached hydrogen (secondary N) is 1. The monoisotopic (exact) mass is 420 g/mol. The van der Waals surface area contributed by atoms with E-state index in [0.29, 0.717) is 29.4 Å². The van der Waals surface area contributed by atoms with Crippen molar-refractivity contribution in [2.24, 2.45) is 0 Å². The maximum Gasteiger partial charge on any atom is 0.416 e. The molecule has 1 aromatic heterocycles. The number of nitrogens with zero attached hydrogens (tertiary/aromatic N) is 3. The van der Waals surface area contributed by atoms with Crippen molar-refractivity contribution in [3.05, 3.63) is 54.1 Å². The predicted octanol–water partition coefficient (Wildman–Crippen LogP) is 3.94. The van der Waals surface area contributed by atoms with Gasteiger partial charge in [0.25, 0.3) is 0 Å². The average Bonchev–Trinajstić information content (AvgIpc) is 3.12. The van der Waals surface area contributed by atoms with Gasteiger partial charge in [-0.15, -0.1) is 5.10 Å². The second-order valence-electron chi connectivity index (χ2n) is 6.17. The first kappa shape index (κ1) is 21.3. The highest BCUT2D eigenvalue weighted by Gasteiger charge is 2.30. The summed E-state index contributed by atoms with van der Waals surface area (Å²) in [6.45, 7) is 2.04. The van der Waals surface area contributed by atoms with E-state index >= 15 is 0 Å². The molecule has 0 atom stereocenters. The maximum absolute atomic E-state index is 12.9. The normalized spacial score (nSPS) is 11.4. The second kappa shape index (κ2) is 8.95. The quantitative estimate of drug-likeness (QED) is 0.627. The highest BCUT2D eigenvalue weighted by Crippen LogP contribution is 2.31. The van der Waals surface area contributed by atoms with Crippen LogP contribution in [0, 0.1) is 0 Å². The van der Waals surface area contributed by atoms with Crippen LogP contribution in [0.3, 0.4) is 0 Å². The van der Waals surface area contributed by atoms with Gasteiger partial charge in [0.2, 0.25) is 5.91 Å². The van der Waals surface area contributed by atoms with Crippen LogP contribution in [0.5, 0.6) is 6.01 Å². The van der Waals surface area contributed by atoms with Gasteiger partial charge in [-0.25, -0.2) is 4.68 Å². The molecule has 10 heteroatoms. The molecular weight excluding hydrogens is 401 g/mol. The SMILES string of the molecule is CCOc1nc(-c2ccc(C(F)(F)F)cc2)n(-c2ccc(NC(=O)COC)cc2)n1. The molecular formula is C20H19F3N4O3. The first-order valence-electron chi connectivity index (χ1n) is 8.98. The number of hydrogen-bond donors (Lipinski definition) is 1. The first-order valence-corrected chi connectivity index (χ1v) is 8.98. The van der Waals surface area contributed by atoms with Crippen molar-refractivity contribution >= 4 is 11.6 Å². The van der Waals surface area contributed by atoms with Crippen LogP contribution in [0.2, 0.25) is 0 Å². The molecule has 0 fully saturated rings. The molecule has 1 heterocycles. The molecule has 7 nitrogen and oxygen atoms in total. The number of benzene rings is 2. The smallest absolute Gasteiger partial charge is 0.416 e. The lowest BCUT2D eigenvalue weighted by Crippen LogP contribution is -2.17. The Kier molecular flexibility index (Phi) is 6.36. The summed E-state index contributed by atoms with van der Waals surface area (Å²) >= 11 is 0. The average molecular weight is 420 g/mol. The minimum absolute atomic E-state index is 0.0688. The third kappa shape index (κ3) is 4.95. The summed E-state index contributed by atoms with van der Waals surface area (Å²) in [5, 5.41) is 6.96. The van der Waals surface area contributed by atoms with Gasteiger partial charge < -0.3 is 14.8 Å². The molecule has 0 radical (unpaired) electrons. The Morgan fingerprint density at radius 2 is 1.77 bits per heavy atom. The predicted molar refractivity (Wildman–Crippen MR) is 103 cm³/mol. The summed E-state index contributed by atoms with van der Waals surface area (Å²) in [7, 11) is 1.42. The molecule has 30 heavy (non-hydrogen) atoms. The number of aromatic nitrogens is 3. The van der Waals surface area contributed by atoms with E-state index < -0.39 is 11.7 Å². The number of anilines is 1. The zero-order chi connectivity index (χ0) is 21.7. The van der Waals surface area contributed by atoms with Gasteiger partial charge in [0, 0.05) is 18.4 Å². The molecule has 0 aliphatic carbocycles. The lowest BCUT2D eigenvalue weighted by Gasteiger charge is -2.09. The summed E-state index contributed by atoms with van der Waals surface area (Å²) in [4.78, 5) is 15.9. The van der Waals surface area contributed by atoms with Crippen LogP contribution in [0.25, 0.3) is 17.1 Å². The molecule has 0 bridgehead atoms. The van der Waals surface area contributed by atoms with Crippen LogP contribution >= 0.6 is 0 Å². The van der Waals surface area contributed by atoms with Gasteiger partial charge in [-0.3, -0.25) is 4.79 Å². The lowest BCUT2D eigenvalue weighted by molar-refractivity contribution is -0.137. The zero-order valence-corrected chi connectivity index (χ0v) is 16.2. The van der Waals surface area contributed by atoms with E-state index in [9.17, 15) is 18.0 Å². The highest BCUT2D eigenvalue weighted by molar-refractivity contribution is 5.91. The molecule has 3 rings (SSSR count). The van der Waals surface area contributed by atoms with Gasteiger partial charge in [-0.1, -0.05) is 12.1 Å². The van der Waals surface area contributed by atoms with Gasteiger partial charge in [0.15, 0.2) is 5.82 Å². The van der Waals surface area contributed by atoms with Gasteiger partial charge in [-0.2, -0.15) is 18.2 Å². The fourth-order valence-electron chi connectivity index (χ4n) is 2.67. The number of alkyl halides is 3. The maximum atomic E-state index is 12.9. The minimum Gasteiger partial charge on any atom is -0.463 e. The van der Waals surface area contributed by atoms with Crippen LogP contribution < -0.4 is 10.1 Å². The van der Waals surface area contributed by atoms with Gasteiger partial charge in [0.05, 0.1) is 17.9 Å². The number of ether oxygens (including phenoxy) is 2. The third-order valence-electron chi connectivity index (χ3n) is 4.00. The van der Waals surface area contributed by atoms with Crippen molar-refractivity contribution in [3.63, 3.8) is 0 Å². The van der Waals surface area contributed by atoms with Crippen LogP contribution in [0.4, 0.5) is 18.9 Å². The molecule has 3 aromatic rings. The van der Waals surface area contributed by atoms with Crippen LogP contribution in [-0.4, -0.2) is 41.0 Å². The van der Waals surface area contributed by atoms with E-state index in [2.05, 4.69) is 15.4 Å². The number of rotatable bonds is 7. The largest absolute Gasteiger partial charge is 0.463 e. The fourth-order valence-corrected chi connectivity index (χ4v) is 2.67. The number of amides is 1. The molecule has 0 aliphatic rings. The third-order valence-corrected chi connectivity index (χ3v) is 4.00. The Labute approximate surface area is 170 Å². The fraction of sp³-hybridized carbons (Fsp3) is 0.250. The summed E-state index contributed by atoms with van der Waals surface area (Å²) in [5.74, 6) is 0.0263. The van der Waals surface area contributed by atoms with Crippen molar-refractivity contribution in [3.8, 4) is 23.1 Å². The second-order valence-corrected chi connectivity index (χ2v) is 6.17. The molecule has 0 aliphatic heterocycles. The zero-order valence-electron chi connectivity index (χ0n) is 16.2. The number of methoxy groups -OCH3 is 1. The Hall–Kier alpha value is -3.40. The molecule has 2 aromatic carbocycles. The Morgan fingerprint density at radius 3 is 2.33 bits per heavy atom. The minimum atomic E-state index is -4.42. The number of halogens is 3. The van der Waals surface area contributed by atoms with E-state index in [1.54, 1.807) is 31.2 Å². The van der Waals surface area contributed by atoms with Crippen molar-refractivity contribution in [1.29, 1.82) is 0 Å². The van der Waals surface area contributed by atoms with E-state index in [0.717, 1.165) is 12.1 Å². The molecule has 0 saturated heterocycles. The Bertz CT molecular complexity index is 1000. The van der Waals surface area contributed by atoms with Crippen LogP contribution in [0.15, 0.2) is 48.5 Å². The number of hydrogen-bond acceptors (Lipinski definition) is 5. The summed E-state index contributed by atoms with van der Waals surface area (Å²) in [5.41, 5.74) is 0.840. The van der Waals surface area contributed by atoms with Crippen molar-refractivity contribution < 1.29 is 27.4 Å². The topological polar surface area (TPSA) is 78.3 Å². The summed E-state index contributed by atoms with van der Waals surface area (Å²) < 4.78 is 50.2. The molecule has 1 amide bonds. The molecule has 0 unspecified atom stereocenters. The standard InChI is InChI=1S/C20H19F3N4O3/c1-3-30-19-25-18(13-4-6-14(7-5-13)20(21,22)23)27(26-19)16-10-8-15(9-11-16)24-17(28)12-29-2/h4-11H,3,12H2,1-2H3,(H,24,28). The van der Waals surface area contributed by atoms with Crippen molar-refractivity contribution in [2.45, 2.75) is 13.1 Å². The summed E-state index contributed by atoms with van der Waals surface area (Å²) in [6.07, 6.45) is -4.42. The van der Waals surface area contributed by atoms with E-state index in [4.69, 9.17) is 9.47 Å². The van der Waals surface area contributed by atoms with Crippen molar-refractivity contribution in [2.75, 3.05) is 25.6 Å². The van der Waals surface area contributed by atoms with Crippen molar-refractivity contribution in [1.82, 2.24) is 14.8 Å². The number of carbonyl (C=O) groups excluding carboxylic acids is 1. The van der Waals surface area contributed by atoms with E-state index in [1.807, 2.05) is 0 Å². The van der Waals surface area contributed by atoms with Gasteiger partial charge in [-0.05, 0) is 43.3 Å². The highest BCUT2D eigenvalue weighted by atomic mass is 19.4. The summed E-state index contributed by atoms with van der Waals surface area (Å²) in [6, 6.07) is 11.5. The van der Waals surface area contributed by atoms with Crippen LogP contribution in [0.1, 0.15) is 12.5 Å². The Balaban J connectivity index is 1.94. The molecule has 0 saturated carbocycles. The number of carbonyl (C=O) groups is 1. The lowest BCUT2D eigenvalue weighted by atomic mass is 10.1. The van der Waals surface area contributed by atoms with Crippen LogP contribution in [-0.2, 0) is 15.7 Å². The van der Waals surface area contributed by atoms with E-state index in [-0.39, 0.29) is 18.5 Å². The first-order chi connectivity index (χ1) is 14.3. The van der Waals surface area contributed by atoms with E-state index in [1.165, 1.54) is 23.9 Å². The Morgan fingerprint density at radius 1 is 1.10 bits per heavy atom. The molecule has 0 spiro atoms. The van der Waals surface area contributed by atoms with Gasteiger partial charge >= 0.3 is 12.2 Å².